The number of carbonyl (C=O) groups excluding carboxylic acids is 1. The Morgan fingerprint density at radius 1 is 1.26 bits per heavy atom. The number of hydrogen-bond donors (Lipinski definition) is 1. The summed E-state index contributed by atoms with van der Waals surface area (Å²) in [4.78, 5) is 25.3. The molecule has 0 saturated carbocycles. The topological polar surface area (TPSA) is 75.5 Å². The van der Waals surface area contributed by atoms with Gasteiger partial charge in [0.25, 0.3) is 5.69 Å². The third kappa shape index (κ3) is 5.19. The van der Waals surface area contributed by atoms with Crippen molar-refractivity contribution in [2.45, 2.75) is 19.4 Å². The molecule has 2 aromatic carbocycles. The number of benzene rings is 2. The average Bonchev–Trinajstić information content (AvgIpc) is 2.63. The molecule has 1 saturated heterocycles. The molecule has 3 rings (SSSR count). The van der Waals surface area contributed by atoms with Crippen molar-refractivity contribution in [2.75, 3.05) is 18.4 Å². The lowest BCUT2D eigenvalue weighted by atomic mass is 9.96. The molecule has 0 bridgehead atoms. The van der Waals surface area contributed by atoms with Gasteiger partial charge < -0.3 is 5.32 Å². The fourth-order valence-corrected chi connectivity index (χ4v) is 3.64. The zero-order chi connectivity index (χ0) is 19.4. The SMILES string of the molecule is O=C(Nc1cc([N+](=O)[O-])ccc1Cl)C1CCCN(Cc2cccc(Cl)c2)C1. The van der Waals surface area contributed by atoms with Gasteiger partial charge in [-0.15, -0.1) is 0 Å². The van der Waals surface area contributed by atoms with Crippen LogP contribution in [0.4, 0.5) is 11.4 Å². The highest BCUT2D eigenvalue weighted by Gasteiger charge is 2.26. The number of amides is 1. The molecular formula is C19H19Cl2N3O3. The maximum Gasteiger partial charge on any atom is 0.271 e. The highest BCUT2D eigenvalue weighted by molar-refractivity contribution is 6.33. The first kappa shape index (κ1) is 19.6. The number of likely N-dealkylation sites (tertiary alicyclic amines) is 1. The first-order valence-electron chi connectivity index (χ1n) is 8.64. The third-order valence-electron chi connectivity index (χ3n) is 4.59. The Morgan fingerprint density at radius 3 is 2.81 bits per heavy atom. The normalized spacial score (nSPS) is 17.5. The number of non-ortho nitro benzene ring substituents is 1. The smallest absolute Gasteiger partial charge is 0.271 e. The van der Waals surface area contributed by atoms with Crippen molar-refractivity contribution in [3.8, 4) is 0 Å². The molecule has 1 aliphatic rings. The number of nitro groups is 1. The van der Waals surface area contributed by atoms with Crippen molar-refractivity contribution in [2.24, 2.45) is 5.92 Å². The van der Waals surface area contributed by atoms with Gasteiger partial charge in [-0.1, -0.05) is 35.3 Å². The predicted molar refractivity (Wildman–Crippen MR) is 106 cm³/mol. The number of anilines is 1. The molecule has 1 amide bonds. The number of halogens is 2. The second kappa shape index (κ2) is 8.69. The molecule has 1 unspecified atom stereocenters. The highest BCUT2D eigenvalue weighted by atomic mass is 35.5. The maximum absolute atomic E-state index is 12.7. The maximum atomic E-state index is 12.7. The first-order valence-corrected chi connectivity index (χ1v) is 9.39. The fourth-order valence-electron chi connectivity index (χ4n) is 3.26. The molecule has 1 atom stereocenters. The summed E-state index contributed by atoms with van der Waals surface area (Å²) in [6.07, 6.45) is 1.67. The van der Waals surface area contributed by atoms with E-state index in [2.05, 4.69) is 10.2 Å². The van der Waals surface area contributed by atoms with Crippen molar-refractivity contribution in [3.63, 3.8) is 0 Å². The first-order chi connectivity index (χ1) is 12.9. The number of nitrogens with zero attached hydrogens (tertiary/aromatic N) is 2. The van der Waals surface area contributed by atoms with Crippen molar-refractivity contribution < 1.29 is 9.72 Å². The number of rotatable bonds is 5. The van der Waals surface area contributed by atoms with Crippen LogP contribution < -0.4 is 5.32 Å². The predicted octanol–water partition coefficient (Wildman–Crippen LogP) is 4.75. The van der Waals surface area contributed by atoms with Crippen LogP contribution in [0.2, 0.25) is 10.0 Å². The van der Waals surface area contributed by atoms with E-state index in [1.54, 1.807) is 0 Å². The minimum absolute atomic E-state index is 0.110. The zero-order valence-corrected chi connectivity index (χ0v) is 16.0. The molecule has 6 nitrogen and oxygen atoms in total. The van der Waals surface area contributed by atoms with Crippen molar-refractivity contribution in [3.05, 3.63) is 68.2 Å². The molecule has 0 aromatic heterocycles. The molecule has 2 aromatic rings. The summed E-state index contributed by atoms with van der Waals surface area (Å²) < 4.78 is 0. The Bertz CT molecular complexity index is 860. The van der Waals surface area contributed by atoms with Gasteiger partial charge in [0.2, 0.25) is 5.91 Å². The van der Waals surface area contributed by atoms with E-state index in [0.717, 1.165) is 31.5 Å². The van der Waals surface area contributed by atoms with Crippen LogP contribution in [0.25, 0.3) is 0 Å². The van der Waals surface area contributed by atoms with Crippen LogP contribution in [0.1, 0.15) is 18.4 Å². The number of hydrogen-bond acceptors (Lipinski definition) is 4. The molecule has 8 heteroatoms. The van der Waals surface area contributed by atoms with Gasteiger partial charge >= 0.3 is 0 Å². The van der Waals surface area contributed by atoms with Gasteiger partial charge in [0.1, 0.15) is 0 Å². The fraction of sp³-hybridized carbons (Fsp3) is 0.316. The average molecular weight is 408 g/mol. The van der Waals surface area contributed by atoms with E-state index in [0.29, 0.717) is 11.6 Å². The van der Waals surface area contributed by atoms with E-state index in [4.69, 9.17) is 23.2 Å². The minimum Gasteiger partial charge on any atom is -0.324 e. The molecule has 0 radical (unpaired) electrons. The van der Waals surface area contributed by atoms with E-state index in [9.17, 15) is 14.9 Å². The molecule has 27 heavy (non-hydrogen) atoms. The standard InChI is InChI=1S/C19H19Cl2N3O3/c20-15-5-1-3-13(9-15)11-23-8-2-4-14(12-23)19(25)22-18-10-16(24(26)27)6-7-17(18)21/h1,3,5-7,9-10,14H,2,4,8,11-12H2,(H,22,25). The van der Waals surface area contributed by atoms with Crippen LogP contribution >= 0.6 is 23.2 Å². The second-order valence-electron chi connectivity index (χ2n) is 6.61. The quantitative estimate of drug-likeness (QED) is 0.572. The monoisotopic (exact) mass is 407 g/mol. The number of carbonyl (C=O) groups is 1. The summed E-state index contributed by atoms with van der Waals surface area (Å²) >= 11 is 12.1. The van der Waals surface area contributed by atoms with Gasteiger partial charge in [-0.05, 0) is 43.1 Å². The second-order valence-corrected chi connectivity index (χ2v) is 7.46. The number of nitro benzene ring substituents is 1. The lowest BCUT2D eigenvalue weighted by Gasteiger charge is -2.32. The van der Waals surface area contributed by atoms with Crippen molar-refractivity contribution in [1.29, 1.82) is 0 Å². The van der Waals surface area contributed by atoms with Gasteiger partial charge in [-0.3, -0.25) is 19.8 Å². The lowest BCUT2D eigenvalue weighted by Crippen LogP contribution is -2.40. The molecule has 1 fully saturated rings. The highest BCUT2D eigenvalue weighted by Crippen LogP contribution is 2.28. The summed E-state index contributed by atoms with van der Waals surface area (Å²) in [6, 6.07) is 11.7. The molecule has 1 N–H and O–H groups in total. The summed E-state index contributed by atoms with van der Waals surface area (Å²) in [5.41, 5.74) is 1.26. The lowest BCUT2D eigenvalue weighted by molar-refractivity contribution is -0.384. The molecule has 1 heterocycles. The van der Waals surface area contributed by atoms with Gasteiger partial charge in [0, 0.05) is 30.2 Å². The van der Waals surface area contributed by atoms with E-state index in [1.807, 2.05) is 24.3 Å². The Labute approximate surface area is 167 Å². The van der Waals surface area contributed by atoms with Crippen LogP contribution in [-0.2, 0) is 11.3 Å². The van der Waals surface area contributed by atoms with Crippen LogP contribution in [0.5, 0.6) is 0 Å². The zero-order valence-electron chi connectivity index (χ0n) is 14.5. The van der Waals surface area contributed by atoms with Crippen LogP contribution in [-0.4, -0.2) is 28.8 Å². The Balaban J connectivity index is 1.65. The van der Waals surface area contributed by atoms with E-state index in [1.165, 1.54) is 18.2 Å². The van der Waals surface area contributed by atoms with Gasteiger partial charge in [-0.25, -0.2) is 0 Å². The van der Waals surface area contributed by atoms with Crippen LogP contribution in [0, 0.1) is 16.0 Å². The molecule has 0 aliphatic carbocycles. The number of piperidine rings is 1. The van der Waals surface area contributed by atoms with Gasteiger partial charge in [0.15, 0.2) is 0 Å². The third-order valence-corrected chi connectivity index (χ3v) is 5.15. The largest absolute Gasteiger partial charge is 0.324 e. The summed E-state index contributed by atoms with van der Waals surface area (Å²) in [5, 5.41) is 14.6. The van der Waals surface area contributed by atoms with Crippen LogP contribution in [0.15, 0.2) is 42.5 Å². The van der Waals surface area contributed by atoms with E-state index < -0.39 is 4.92 Å². The molecule has 0 spiro atoms. The Kier molecular flexibility index (Phi) is 6.31. The van der Waals surface area contributed by atoms with Gasteiger partial charge in [-0.2, -0.15) is 0 Å². The van der Waals surface area contributed by atoms with E-state index >= 15 is 0 Å². The Morgan fingerprint density at radius 2 is 2.07 bits per heavy atom. The van der Waals surface area contributed by atoms with Crippen molar-refractivity contribution >= 4 is 40.5 Å². The minimum atomic E-state index is -0.515. The summed E-state index contributed by atoms with van der Waals surface area (Å²) in [6.45, 7) is 2.25. The number of nitrogens with one attached hydrogen (secondary N) is 1. The van der Waals surface area contributed by atoms with Crippen LogP contribution in [0.3, 0.4) is 0 Å². The van der Waals surface area contributed by atoms with Crippen molar-refractivity contribution in [1.82, 2.24) is 4.90 Å². The van der Waals surface area contributed by atoms with E-state index in [-0.39, 0.29) is 28.2 Å². The summed E-state index contributed by atoms with van der Waals surface area (Å²) in [5.74, 6) is -0.374. The Hall–Kier alpha value is -2.15. The molecular weight excluding hydrogens is 389 g/mol. The van der Waals surface area contributed by atoms with Gasteiger partial charge in [0.05, 0.1) is 21.6 Å². The molecule has 142 valence electrons. The molecule has 1 aliphatic heterocycles. The summed E-state index contributed by atoms with van der Waals surface area (Å²) in [7, 11) is 0.